The number of nitrogens with one attached hydrogen (secondary N) is 1. The van der Waals surface area contributed by atoms with Crippen molar-refractivity contribution in [3.8, 4) is 34.0 Å². The lowest BCUT2D eigenvalue weighted by molar-refractivity contribution is 0.0634. The Morgan fingerprint density at radius 2 is 1.37 bits per heavy atom. The van der Waals surface area contributed by atoms with Gasteiger partial charge in [0.1, 0.15) is 38.4 Å². The van der Waals surface area contributed by atoms with Crippen LogP contribution in [0.1, 0.15) is 30.4 Å². The highest BCUT2D eigenvalue weighted by Crippen LogP contribution is 2.41. The number of halogens is 4. The van der Waals surface area contributed by atoms with E-state index >= 15 is 0 Å². The van der Waals surface area contributed by atoms with E-state index in [0.717, 1.165) is 11.3 Å². The van der Waals surface area contributed by atoms with Gasteiger partial charge in [0.05, 0.1) is 14.2 Å². The number of nitrogens with zero attached hydrogens (tertiary/aromatic N) is 2. The summed E-state index contributed by atoms with van der Waals surface area (Å²) in [6.07, 6.45) is -0.545. The van der Waals surface area contributed by atoms with E-state index in [4.69, 9.17) is 42.5 Å². The largest absolute Gasteiger partial charge is 0.496 e. The average Bonchev–Trinajstić information content (AvgIpc) is 3.45. The third-order valence-corrected chi connectivity index (χ3v) is 8.23. The van der Waals surface area contributed by atoms with Gasteiger partial charge < -0.3 is 19.3 Å². The van der Waals surface area contributed by atoms with Gasteiger partial charge >= 0.3 is 12.1 Å². The first-order valence-corrected chi connectivity index (χ1v) is 15.4. The number of aromatic nitrogens is 2. The Morgan fingerprint density at radius 1 is 0.878 bits per heavy atom. The first-order chi connectivity index (χ1) is 19.2. The zero-order valence-electron chi connectivity index (χ0n) is 22.2. The van der Waals surface area contributed by atoms with Crippen LogP contribution in [0.5, 0.6) is 11.5 Å². The standard InChI is InChI=1S/C15H16BrClN2O3S.C11H7BrClNO3S/c1-15(2,3)22-14(20)19-12-11(18-13(16)23-12)9-7-8(17)5-6-10(9)21-4;1-17-7-3-2-5(13)4-6(7)8-9(10(15)16)18-11(12)14-8/h5-7H,1-4H3,(H,19,20);2-4H,1H3,(H,15,16). The summed E-state index contributed by atoms with van der Waals surface area (Å²) in [4.78, 5) is 31.9. The fourth-order valence-electron chi connectivity index (χ4n) is 3.31. The molecule has 0 saturated heterocycles. The molecule has 0 atom stereocenters. The number of carbonyl (C=O) groups is 2. The molecule has 1 amide bonds. The topological polar surface area (TPSA) is 120 Å². The number of thiazole rings is 2. The van der Waals surface area contributed by atoms with Crippen LogP contribution in [0.15, 0.2) is 44.2 Å². The zero-order valence-corrected chi connectivity index (χ0v) is 28.5. The molecule has 0 aliphatic carbocycles. The van der Waals surface area contributed by atoms with Gasteiger partial charge in [-0.25, -0.2) is 19.6 Å². The Morgan fingerprint density at radius 3 is 1.85 bits per heavy atom. The van der Waals surface area contributed by atoms with Crippen molar-refractivity contribution in [3.63, 3.8) is 0 Å². The van der Waals surface area contributed by atoms with Gasteiger partial charge in [0.2, 0.25) is 0 Å². The summed E-state index contributed by atoms with van der Waals surface area (Å²) in [5.41, 5.74) is 1.57. The molecule has 0 aliphatic heterocycles. The second kappa shape index (κ2) is 14.2. The van der Waals surface area contributed by atoms with Crippen LogP contribution < -0.4 is 14.8 Å². The molecule has 0 unspecified atom stereocenters. The van der Waals surface area contributed by atoms with E-state index in [2.05, 4.69) is 47.1 Å². The fourth-order valence-corrected chi connectivity index (χ4v) is 6.32. The zero-order chi connectivity index (χ0) is 30.5. The van der Waals surface area contributed by atoms with E-state index in [-0.39, 0.29) is 4.88 Å². The predicted molar refractivity (Wildman–Crippen MR) is 170 cm³/mol. The van der Waals surface area contributed by atoms with E-state index < -0.39 is 17.7 Å². The van der Waals surface area contributed by atoms with Gasteiger partial charge in [-0.1, -0.05) is 45.9 Å². The number of carboxylic acids is 1. The van der Waals surface area contributed by atoms with Crippen molar-refractivity contribution in [1.29, 1.82) is 0 Å². The second-order valence-corrected chi connectivity index (χ2v) is 14.3. The first-order valence-electron chi connectivity index (χ1n) is 11.5. The molecule has 2 N–H and O–H groups in total. The van der Waals surface area contributed by atoms with E-state index in [9.17, 15) is 9.59 Å². The molecule has 0 bridgehead atoms. The summed E-state index contributed by atoms with van der Waals surface area (Å²) in [5, 5.41) is 13.5. The van der Waals surface area contributed by atoms with Crippen molar-refractivity contribution in [2.45, 2.75) is 26.4 Å². The molecule has 4 rings (SSSR count). The Bertz CT molecular complexity index is 1570. The van der Waals surface area contributed by atoms with Crippen LogP contribution in [0.4, 0.5) is 9.80 Å². The predicted octanol–water partition coefficient (Wildman–Crippen LogP) is 9.51. The minimum Gasteiger partial charge on any atom is -0.496 e. The summed E-state index contributed by atoms with van der Waals surface area (Å²) in [5.74, 6) is 0.106. The molecule has 2 aromatic heterocycles. The number of amides is 1. The monoisotopic (exact) mass is 765 g/mol. The molecule has 0 aliphatic rings. The third kappa shape index (κ3) is 9.03. The van der Waals surface area contributed by atoms with E-state index in [0.29, 0.717) is 56.9 Å². The molecule has 2 heterocycles. The van der Waals surface area contributed by atoms with Gasteiger partial charge in [-0.05, 0) is 89.0 Å². The van der Waals surface area contributed by atoms with Crippen LogP contribution in [-0.2, 0) is 4.74 Å². The van der Waals surface area contributed by atoms with Gasteiger partial charge in [-0.15, -0.1) is 0 Å². The SMILES string of the molecule is COc1ccc(Cl)cc1-c1nc(Br)sc1C(=O)O.COc1ccc(Cl)cc1-c1nc(Br)sc1NC(=O)OC(C)(C)C. The summed E-state index contributed by atoms with van der Waals surface area (Å²) in [7, 11) is 3.07. The second-order valence-electron chi connectivity index (χ2n) is 8.91. The lowest BCUT2D eigenvalue weighted by atomic mass is 10.1. The Labute approximate surface area is 271 Å². The highest BCUT2D eigenvalue weighted by molar-refractivity contribution is 9.11. The lowest BCUT2D eigenvalue weighted by Crippen LogP contribution is -2.27. The van der Waals surface area contributed by atoms with Gasteiger partial charge in [0.15, 0.2) is 7.83 Å². The number of aromatic carboxylic acids is 1. The van der Waals surface area contributed by atoms with E-state index in [1.807, 2.05) is 0 Å². The lowest BCUT2D eigenvalue weighted by Gasteiger charge is -2.19. The van der Waals surface area contributed by atoms with Crippen molar-refractivity contribution in [3.05, 3.63) is 59.2 Å². The number of ether oxygens (including phenoxy) is 3. The number of rotatable bonds is 6. The number of carboxylic acid groups (broad SMARTS) is 1. The number of benzene rings is 2. The molecule has 0 fully saturated rings. The molecule has 9 nitrogen and oxygen atoms in total. The highest BCUT2D eigenvalue weighted by atomic mass is 79.9. The van der Waals surface area contributed by atoms with Gasteiger partial charge in [-0.3, -0.25) is 5.32 Å². The van der Waals surface area contributed by atoms with Crippen molar-refractivity contribution in [2.75, 3.05) is 19.5 Å². The normalized spacial score (nSPS) is 10.9. The summed E-state index contributed by atoms with van der Waals surface area (Å²) >= 11 is 20.9. The van der Waals surface area contributed by atoms with Crippen molar-refractivity contribution < 1.29 is 28.9 Å². The summed E-state index contributed by atoms with van der Waals surface area (Å²) in [6, 6.07) is 10.2. The maximum absolute atomic E-state index is 12.0. The molecular formula is C26H23Br2Cl2N3O6S2. The maximum Gasteiger partial charge on any atom is 0.412 e. The van der Waals surface area contributed by atoms with Gasteiger partial charge in [0.25, 0.3) is 0 Å². The van der Waals surface area contributed by atoms with Crippen LogP contribution in [0.25, 0.3) is 22.5 Å². The Balaban J connectivity index is 0.000000232. The molecule has 0 spiro atoms. The fraction of sp³-hybridized carbons (Fsp3) is 0.231. The smallest absolute Gasteiger partial charge is 0.412 e. The average molecular weight is 768 g/mol. The quantitative estimate of drug-likeness (QED) is 0.199. The third-order valence-electron chi connectivity index (χ3n) is 4.84. The van der Waals surface area contributed by atoms with Crippen LogP contribution in [-0.4, -0.2) is 47.0 Å². The van der Waals surface area contributed by atoms with Crippen LogP contribution in [0.3, 0.4) is 0 Å². The minimum absolute atomic E-state index is 0.141. The molecule has 15 heteroatoms. The summed E-state index contributed by atoms with van der Waals surface area (Å²) < 4.78 is 16.9. The van der Waals surface area contributed by atoms with Crippen molar-refractivity contribution in [2.24, 2.45) is 0 Å². The molecular weight excluding hydrogens is 745 g/mol. The molecule has 2 aromatic carbocycles. The first kappa shape index (κ1) is 33.1. The van der Waals surface area contributed by atoms with Gasteiger partial charge in [-0.2, -0.15) is 0 Å². The van der Waals surface area contributed by atoms with E-state index in [1.165, 1.54) is 18.4 Å². The van der Waals surface area contributed by atoms with E-state index in [1.54, 1.807) is 64.3 Å². The number of methoxy groups -OCH3 is 2. The van der Waals surface area contributed by atoms with Gasteiger partial charge in [0, 0.05) is 21.2 Å². The molecule has 41 heavy (non-hydrogen) atoms. The Hall–Kier alpha value is -2.42. The molecule has 4 aromatic rings. The van der Waals surface area contributed by atoms with Crippen LogP contribution in [0, 0.1) is 0 Å². The van der Waals surface area contributed by atoms with Crippen molar-refractivity contribution in [1.82, 2.24) is 9.97 Å². The number of anilines is 1. The highest BCUT2D eigenvalue weighted by Gasteiger charge is 2.22. The number of hydrogen-bond acceptors (Lipinski definition) is 9. The van der Waals surface area contributed by atoms with Crippen molar-refractivity contribution >= 4 is 94.8 Å². The maximum atomic E-state index is 12.0. The number of carbonyl (C=O) groups excluding carboxylic acids is 1. The molecule has 218 valence electrons. The summed E-state index contributed by atoms with van der Waals surface area (Å²) in [6.45, 7) is 5.40. The van der Waals surface area contributed by atoms with Crippen LogP contribution >= 0.6 is 77.7 Å². The molecule has 0 saturated carbocycles. The minimum atomic E-state index is -1.03. The van der Waals surface area contributed by atoms with Crippen LogP contribution in [0.2, 0.25) is 10.0 Å². The Kier molecular flexibility index (Phi) is 11.4. The number of hydrogen-bond donors (Lipinski definition) is 2. The molecule has 0 radical (unpaired) electrons.